The highest BCUT2D eigenvalue weighted by Gasteiger charge is 2.30. The van der Waals surface area contributed by atoms with Gasteiger partial charge in [0, 0.05) is 66.3 Å². The smallest absolute Gasteiger partial charge is 0.253 e. The van der Waals surface area contributed by atoms with Crippen molar-refractivity contribution in [1.29, 1.82) is 0 Å². The molecular weight excluding hydrogens is 488 g/mol. The van der Waals surface area contributed by atoms with Crippen molar-refractivity contribution >= 4 is 28.4 Å². The summed E-state index contributed by atoms with van der Waals surface area (Å²) in [5.41, 5.74) is 4.35. The van der Waals surface area contributed by atoms with Crippen molar-refractivity contribution in [3.05, 3.63) is 113 Å². The van der Waals surface area contributed by atoms with Crippen molar-refractivity contribution in [3.8, 4) is 11.5 Å². The first kappa shape index (κ1) is 23.4. The van der Waals surface area contributed by atoms with Crippen LogP contribution >= 0.6 is 0 Å². The Kier molecular flexibility index (Phi) is 5.74. The van der Waals surface area contributed by atoms with Crippen molar-refractivity contribution in [2.24, 2.45) is 0 Å². The number of nitrogens with one attached hydrogen (secondary N) is 1. The van der Waals surface area contributed by atoms with Gasteiger partial charge in [-0.2, -0.15) is 4.98 Å². The number of rotatable bonds is 4. The number of ether oxygens (including phenoxy) is 1. The molecule has 4 heterocycles. The quantitative estimate of drug-likeness (QED) is 0.352. The summed E-state index contributed by atoms with van der Waals surface area (Å²) in [7, 11) is 2.16. The molecule has 2 aromatic heterocycles. The number of anilines is 3. The maximum absolute atomic E-state index is 13.5. The minimum Gasteiger partial charge on any atom is -0.457 e. The van der Waals surface area contributed by atoms with E-state index in [9.17, 15) is 4.79 Å². The standard InChI is InChI=1S/C31H28N6O2/c1-35-16-18-36(19-17-35)23-13-11-22(12-14-23)33-31-32-20-21-10-15-28(38)37(30(21)34-31)29-24-6-2-4-8-26(24)39-27-9-5-3-7-25(27)29/h2-15,20,29H,16-19H2,1H3,(H,32,33,34). The number of benzene rings is 3. The van der Waals surface area contributed by atoms with Crippen molar-refractivity contribution in [3.63, 3.8) is 0 Å². The average Bonchev–Trinajstić information content (AvgIpc) is 2.97. The van der Waals surface area contributed by atoms with Crippen LogP contribution in [0, 0.1) is 0 Å². The van der Waals surface area contributed by atoms with Gasteiger partial charge in [-0.05, 0) is 49.5 Å². The number of para-hydroxylation sites is 2. The highest BCUT2D eigenvalue weighted by atomic mass is 16.5. The van der Waals surface area contributed by atoms with Gasteiger partial charge in [0.1, 0.15) is 17.1 Å². The lowest BCUT2D eigenvalue weighted by atomic mass is 9.94. The van der Waals surface area contributed by atoms with Gasteiger partial charge in [0.05, 0.1) is 6.04 Å². The second-order valence-electron chi connectivity index (χ2n) is 10.1. The minimum absolute atomic E-state index is 0.139. The van der Waals surface area contributed by atoms with E-state index in [4.69, 9.17) is 9.72 Å². The number of pyridine rings is 1. The molecule has 39 heavy (non-hydrogen) atoms. The second-order valence-corrected chi connectivity index (χ2v) is 10.1. The van der Waals surface area contributed by atoms with Crippen LogP contribution in [0.25, 0.3) is 11.0 Å². The van der Waals surface area contributed by atoms with Crippen molar-refractivity contribution in [2.45, 2.75) is 6.04 Å². The van der Waals surface area contributed by atoms with Crippen LogP contribution in [0.5, 0.6) is 11.5 Å². The second kappa shape index (κ2) is 9.56. The van der Waals surface area contributed by atoms with E-state index in [-0.39, 0.29) is 11.6 Å². The minimum atomic E-state index is -0.382. The van der Waals surface area contributed by atoms with Gasteiger partial charge in [-0.3, -0.25) is 9.36 Å². The number of likely N-dealkylation sites (N-methyl/N-ethyl adjacent to an activating group) is 1. The molecule has 3 aromatic carbocycles. The number of piperazine rings is 1. The van der Waals surface area contributed by atoms with E-state index in [1.54, 1.807) is 22.9 Å². The molecule has 1 N–H and O–H groups in total. The SMILES string of the molecule is CN1CCN(c2ccc(Nc3ncc4ccc(=O)n(C5c6ccccc6Oc6ccccc65)c4n3)cc2)CC1. The van der Waals surface area contributed by atoms with Crippen LogP contribution in [0.3, 0.4) is 0 Å². The summed E-state index contributed by atoms with van der Waals surface area (Å²) < 4.78 is 7.93. The Labute approximate surface area is 226 Å². The third-order valence-corrected chi connectivity index (χ3v) is 7.56. The Balaban J connectivity index is 1.27. The Morgan fingerprint density at radius 1 is 0.821 bits per heavy atom. The molecule has 0 spiro atoms. The molecule has 0 atom stereocenters. The molecule has 0 amide bonds. The Bertz CT molecular complexity index is 1680. The third-order valence-electron chi connectivity index (χ3n) is 7.56. The molecular formula is C31H28N6O2. The van der Waals surface area contributed by atoms with Crippen molar-refractivity contribution in [2.75, 3.05) is 43.4 Å². The summed E-state index contributed by atoms with van der Waals surface area (Å²) in [6, 6.07) is 27.0. The lowest BCUT2D eigenvalue weighted by Gasteiger charge is -2.34. The number of nitrogens with zero attached hydrogens (tertiary/aromatic N) is 5. The fourth-order valence-corrected chi connectivity index (χ4v) is 5.46. The fourth-order valence-electron chi connectivity index (χ4n) is 5.46. The molecule has 0 radical (unpaired) electrons. The molecule has 2 aliphatic heterocycles. The van der Waals surface area contributed by atoms with E-state index < -0.39 is 0 Å². The Hall–Kier alpha value is -4.69. The number of fused-ring (bicyclic) bond motifs is 3. The number of aromatic nitrogens is 3. The highest BCUT2D eigenvalue weighted by molar-refractivity contribution is 5.77. The summed E-state index contributed by atoms with van der Waals surface area (Å²) in [6.07, 6.45) is 1.76. The first-order valence-corrected chi connectivity index (χ1v) is 13.2. The van der Waals surface area contributed by atoms with E-state index >= 15 is 0 Å². The summed E-state index contributed by atoms with van der Waals surface area (Å²) >= 11 is 0. The number of hydrogen-bond acceptors (Lipinski definition) is 7. The van der Waals surface area contributed by atoms with E-state index in [2.05, 4.69) is 39.3 Å². The van der Waals surface area contributed by atoms with Crippen LogP contribution < -0.4 is 20.5 Å². The highest BCUT2D eigenvalue weighted by Crippen LogP contribution is 2.44. The zero-order valence-corrected chi connectivity index (χ0v) is 21.6. The molecule has 0 saturated carbocycles. The van der Waals surface area contributed by atoms with Gasteiger partial charge >= 0.3 is 0 Å². The summed E-state index contributed by atoms with van der Waals surface area (Å²) in [5.74, 6) is 1.90. The molecule has 2 aliphatic rings. The molecule has 5 aromatic rings. The molecule has 1 saturated heterocycles. The molecule has 1 fully saturated rings. The van der Waals surface area contributed by atoms with Crippen molar-refractivity contribution in [1.82, 2.24) is 19.4 Å². The van der Waals surface area contributed by atoms with Crippen LogP contribution in [0.2, 0.25) is 0 Å². The molecule has 0 bridgehead atoms. The van der Waals surface area contributed by atoms with Crippen LogP contribution in [0.1, 0.15) is 17.2 Å². The van der Waals surface area contributed by atoms with E-state index in [0.29, 0.717) is 11.6 Å². The monoisotopic (exact) mass is 516 g/mol. The maximum atomic E-state index is 13.5. The maximum Gasteiger partial charge on any atom is 0.253 e. The molecule has 194 valence electrons. The van der Waals surface area contributed by atoms with E-state index in [1.807, 2.05) is 60.7 Å². The average molecular weight is 517 g/mol. The lowest BCUT2D eigenvalue weighted by molar-refractivity contribution is 0.313. The first-order valence-electron chi connectivity index (χ1n) is 13.2. The van der Waals surface area contributed by atoms with Crippen LogP contribution in [-0.2, 0) is 0 Å². The van der Waals surface area contributed by atoms with Gasteiger partial charge in [-0.1, -0.05) is 36.4 Å². The summed E-state index contributed by atoms with van der Waals surface area (Å²) in [5, 5.41) is 4.12. The predicted molar refractivity (Wildman–Crippen MR) is 153 cm³/mol. The zero-order valence-electron chi connectivity index (χ0n) is 21.6. The largest absolute Gasteiger partial charge is 0.457 e. The molecule has 8 heteroatoms. The van der Waals surface area contributed by atoms with Crippen LogP contribution in [-0.4, -0.2) is 52.7 Å². The third kappa shape index (κ3) is 4.28. The first-order chi connectivity index (χ1) is 19.1. The van der Waals surface area contributed by atoms with Gasteiger partial charge in [0.25, 0.3) is 5.56 Å². The van der Waals surface area contributed by atoms with Gasteiger partial charge in [0.2, 0.25) is 5.95 Å². The number of hydrogen-bond donors (Lipinski definition) is 1. The zero-order chi connectivity index (χ0) is 26.3. The molecule has 8 nitrogen and oxygen atoms in total. The normalized spacial score (nSPS) is 15.5. The Morgan fingerprint density at radius 2 is 1.49 bits per heavy atom. The van der Waals surface area contributed by atoms with Crippen LogP contribution in [0.15, 0.2) is 95.9 Å². The van der Waals surface area contributed by atoms with Gasteiger partial charge in [0.15, 0.2) is 0 Å². The predicted octanol–water partition coefficient (Wildman–Crippen LogP) is 5.03. The van der Waals surface area contributed by atoms with Gasteiger partial charge < -0.3 is 19.9 Å². The molecule has 0 aliphatic carbocycles. The fraction of sp³-hybridized carbons (Fsp3) is 0.194. The van der Waals surface area contributed by atoms with Gasteiger partial charge in [-0.25, -0.2) is 4.98 Å². The Morgan fingerprint density at radius 3 is 2.18 bits per heavy atom. The van der Waals surface area contributed by atoms with Crippen LogP contribution in [0.4, 0.5) is 17.3 Å². The lowest BCUT2D eigenvalue weighted by Crippen LogP contribution is -2.44. The topological polar surface area (TPSA) is 75.5 Å². The van der Waals surface area contributed by atoms with E-state index in [1.165, 1.54) is 5.69 Å². The van der Waals surface area contributed by atoms with Crippen molar-refractivity contribution < 1.29 is 4.74 Å². The summed E-state index contributed by atoms with van der Waals surface area (Å²) in [4.78, 5) is 27.6. The summed E-state index contributed by atoms with van der Waals surface area (Å²) in [6.45, 7) is 4.17. The van der Waals surface area contributed by atoms with Gasteiger partial charge in [-0.15, -0.1) is 0 Å². The van der Waals surface area contributed by atoms with E-state index in [0.717, 1.165) is 59.9 Å². The molecule has 0 unspecified atom stereocenters. The molecule has 7 rings (SSSR count).